The molecule has 1 fully saturated rings. The van der Waals surface area contributed by atoms with Crippen LogP contribution in [-0.4, -0.2) is 54.7 Å². The molecule has 37 heavy (non-hydrogen) atoms. The van der Waals surface area contributed by atoms with Gasteiger partial charge >= 0.3 is 6.09 Å². The summed E-state index contributed by atoms with van der Waals surface area (Å²) in [5.74, 6) is 0.938. The zero-order valence-electron chi connectivity index (χ0n) is 22.4. The van der Waals surface area contributed by atoms with E-state index in [2.05, 4.69) is 52.5 Å². The lowest BCUT2D eigenvalue weighted by Crippen LogP contribution is -2.54. The lowest BCUT2D eigenvalue weighted by Gasteiger charge is -2.40. The summed E-state index contributed by atoms with van der Waals surface area (Å²) >= 11 is 0. The molecule has 1 aliphatic heterocycles. The molecule has 9 heteroatoms. The highest BCUT2D eigenvalue weighted by atomic mass is 16.6. The Hall–Kier alpha value is -3.88. The molecule has 5 heterocycles. The average molecular weight is 502 g/mol. The van der Waals surface area contributed by atoms with Crippen LogP contribution in [0.25, 0.3) is 27.8 Å². The van der Waals surface area contributed by atoms with Crippen molar-refractivity contribution in [1.29, 1.82) is 0 Å². The quantitative estimate of drug-likeness (QED) is 0.424. The number of rotatable bonds is 4. The number of carbonyl (C=O) groups excluding carboxylic acids is 1. The predicted octanol–water partition coefficient (Wildman–Crippen LogP) is 4.99. The van der Waals surface area contributed by atoms with Gasteiger partial charge in [-0.15, -0.1) is 0 Å². The minimum Gasteiger partial charge on any atom is -0.444 e. The average Bonchev–Trinajstić information content (AvgIpc) is 3.43. The van der Waals surface area contributed by atoms with Crippen molar-refractivity contribution < 1.29 is 9.53 Å². The van der Waals surface area contributed by atoms with Crippen molar-refractivity contribution in [1.82, 2.24) is 29.7 Å². The Balaban J connectivity index is 1.34. The van der Waals surface area contributed by atoms with Gasteiger partial charge < -0.3 is 15.0 Å². The smallest absolute Gasteiger partial charge is 0.408 e. The van der Waals surface area contributed by atoms with Gasteiger partial charge in [0, 0.05) is 66.5 Å². The van der Waals surface area contributed by atoms with E-state index in [0.717, 1.165) is 65.1 Å². The molecule has 5 rings (SSSR count). The van der Waals surface area contributed by atoms with E-state index < -0.39 is 5.60 Å². The number of alkyl carbamates (subject to hydrolysis) is 1. The first kappa shape index (κ1) is 24.8. The molecule has 0 atom stereocenters. The number of pyridine rings is 2. The zero-order chi connectivity index (χ0) is 26.4. The highest BCUT2D eigenvalue weighted by Gasteiger charge is 2.33. The topological polar surface area (TPSA) is 89.6 Å². The molecule has 0 radical (unpaired) electrons. The van der Waals surface area contributed by atoms with Crippen LogP contribution >= 0.6 is 0 Å². The van der Waals surface area contributed by atoms with Crippen LogP contribution in [-0.2, 0) is 11.8 Å². The maximum atomic E-state index is 12.3. The molecule has 0 unspecified atom stereocenters. The summed E-state index contributed by atoms with van der Waals surface area (Å²) in [4.78, 5) is 19.4. The normalized spacial score (nSPS) is 15.7. The van der Waals surface area contributed by atoms with Gasteiger partial charge in [0.15, 0.2) is 0 Å². The Bertz CT molecular complexity index is 1420. The Morgan fingerprint density at radius 3 is 2.41 bits per heavy atom. The molecule has 1 N–H and O–H groups in total. The molecule has 0 saturated carbocycles. The molecule has 1 aliphatic rings. The highest BCUT2D eigenvalue weighted by Crippen LogP contribution is 2.33. The predicted molar refractivity (Wildman–Crippen MR) is 145 cm³/mol. The fourth-order valence-corrected chi connectivity index (χ4v) is 4.86. The number of amides is 1. The summed E-state index contributed by atoms with van der Waals surface area (Å²) in [6.07, 6.45) is 11.0. The molecule has 0 aromatic carbocycles. The SMILES string of the molecule is Cc1cnn2cc(-c3cnn(C)c3)cc(-c3ccc(N4CCC(C)(NC(=O)OC(C)(C)C)CC4)nc3)c12. The summed E-state index contributed by atoms with van der Waals surface area (Å²) in [5.41, 5.74) is 5.60. The number of fused-ring (bicyclic) bond motifs is 1. The maximum Gasteiger partial charge on any atom is 0.408 e. The van der Waals surface area contributed by atoms with Crippen LogP contribution in [0.5, 0.6) is 0 Å². The van der Waals surface area contributed by atoms with Crippen LogP contribution in [0.15, 0.2) is 49.2 Å². The van der Waals surface area contributed by atoms with Gasteiger partial charge in [0.05, 0.1) is 17.9 Å². The summed E-state index contributed by atoms with van der Waals surface area (Å²) in [5, 5.41) is 12.0. The van der Waals surface area contributed by atoms with Gasteiger partial charge in [-0.2, -0.15) is 10.2 Å². The number of ether oxygens (including phenoxy) is 1. The largest absolute Gasteiger partial charge is 0.444 e. The molecule has 0 bridgehead atoms. The number of nitrogens with one attached hydrogen (secondary N) is 1. The van der Waals surface area contributed by atoms with Crippen molar-refractivity contribution in [2.24, 2.45) is 7.05 Å². The van der Waals surface area contributed by atoms with Crippen molar-refractivity contribution in [3.8, 4) is 22.3 Å². The molecule has 9 nitrogen and oxygen atoms in total. The van der Waals surface area contributed by atoms with Gasteiger partial charge in [-0.1, -0.05) is 0 Å². The third kappa shape index (κ3) is 5.30. The second kappa shape index (κ2) is 9.21. The number of piperidine rings is 1. The first-order chi connectivity index (χ1) is 17.5. The van der Waals surface area contributed by atoms with Gasteiger partial charge in [0.1, 0.15) is 11.4 Å². The van der Waals surface area contributed by atoms with E-state index in [-0.39, 0.29) is 11.6 Å². The van der Waals surface area contributed by atoms with Crippen LogP contribution in [0.2, 0.25) is 0 Å². The zero-order valence-corrected chi connectivity index (χ0v) is 22.4. The molecule has 1 amide bonds. The monoisotopic (exact) mass is 501 g/mol. The van der Waals surface area contributed by atoms with Crippen molar-refractivity contribution in [2.75, 3.05) is 18.0 Å². The first-order valence-corrected chi connectivity index (χ1v) is 12.7. The van der Waals surface area contributed by atoms with Crippen LogP contribution in [0.3, 0.4) is 0 Å². The fraction of sp³-hybridized carbons (Fsp3) is 0.429. The Morgan fingerprint density at radius 1 is 1.03 bits per heavy atom. The number of aryl methyl sites for hydroxylation is 2. The lowest BCUT2D eigenvalue weighted by molar-refractivity contribution is 0.0448. The van der Waals surface area contributed by atoms with E-state index in [0.29, 0.717) is 0 Å². The Labute approximate surface area is 217 Å². The van der Waals surface area contributed by atoms with E-state index in [1.54, 1.807) is 4.68 Å². The van der Waals surface area contributed by atoms with Gasteiger partial charge in [0.25, 0.3) is 0 Å². The number of carbonyl (C=O) groups is 1. The molecular weight excluding hydrogens is 466 g/mol. The van der Waals surface area contributed by atoms with Gasteiger partial charge in [-0.05, 0) is 71.2 Å². The number of hydrogen-bond acceptors (Lipinski definition) is 6. The molecule has 1 saturated heterocycles. The second-order valence-corrected chi connectivity index (χ2v) is 11.2. The maximum absolute atomic E-state index is 12.3. The van der Waals surface area contributed by atoms with E-state index in [9.17, 15) is 4.79 Å². The van der Waals surface area contributed by atoms with Crippen molar-refractivity contribution in [3.63, 3.8) is 0 Å². The van der Waals surface area contributed by atoms with Gasteiger partial charge in [-0.3, -0.25) is 4.68 Å². The minimum atomic E-state index is -0.509. The molecule has 4 aromatic rings. The summed E-state index contributed by atoms with van der Waals surface area (Å²) in [6.45, 7) is 11.4. The molecule has 194 valence electrons. The van der Waals surface area contributed by atoms with E-state index >= 15 is 0 Å². The summed E-state index contributed by atoms with van der Waals surface area (Å²) in [6, 6.07) is 6.40. The van der Waals surface area contributed by atoms with Gasteiger partial charge in [0.2, 0.25) is 0 Å². The van der Waals surface area contributed by atoms with E-state index in [4.69, 9.17) is 9.72 Å². The van der Waals surface area contributed by atoms with Crippen molar-refractivity contribution in [2.45, 2.75) is 58.6 Å². The van der Waals surface area contributed by atoms with Crippen molar-refractivity contribution >= 4 is 17.4 Å². The van der Waals surface area contributed by atoms with Gasteiger partial charge in [-0.25, -0.2) is 14.3 Å². The molecular formula is C28H35N7O2. The van der Waals surface area contributed by atoms with Crippen LogP contribution in [0, 0.1) is 6.92 Å². The van der Waals surface area contributed by atoms with Crippen molar-refractivity contribution in [3.05, 3.63) is 54.7 Å². The molecule has 0 aliphatic carbocycles. The van der Waals surface area contributed by atoms with Crippen LogP contribution in [0.1, 0.15) is 46.1 Å². The van der Waals surface area contributed by atoms with Crippen LogP contribution < -0.4 is 10.2 Å². The number of anilines is 1. The van der Waals surface area contributed by atoms with E-state index in [1.165, 1.54) is 0 Å². The third-order valence-corrected chi connectivity index (χ3v) is 6.89. The highest BCUT2D eigenvalue weighted by molar-refractivity contribution is 5.86. The molecule has 0 spiro atoms. The molecule has 4 aromatic heterocycles. The summed E-state index contributed by atoms with van der Waals surface area (Å²) in [7, 11) is 1.92. The third-order valence-electron chi connectivity index (χ3n) is 6.89. The summed E-state index contributed by atoms with van der Waals surface area (Å²) < 4.78 is 9.19. The van der Waals surface area contributed by atoms with Crippen LogP contribution in [0.4, 0.5) is 10.6 Å². The Morgan fingerprint density at radius 2 is 1.78 bits per heavy atom. The Kier molecular flexibility index (Phi) is 6.17. The standard InChI is InChI=1S/C28H35N7O2/c1-19-14-31-35-18-21(22-16-30-33(6)17-22)13-23(25(19)35)20-7-8-24(29-15-20)34-11-9-28(5,10-12-34)32-26(36)37-27(2,3)4/h7-8,13-18H,9-12H2,1-6H3,(H,32,36). The number of nitrogens with zero attached hydrogens (tertiary/aromatic N) is 6. The first-order valence-electron chi connectivity index (χ1n) is 12.7. The lowest BCUT2D eigenvalue weighted by atomic mass is 9.90. The number of aromatic nitrogens is 5. The second-order valence-electron chi connectivity index (χ2n) is 11.2. The fourth-order valence-electron chi connectivity index (χ4n) is 4.86. The number of hydrogen-bond donors (Lipinski definition) is 1. The minimum absolute atomic E-state index is 0.295. The van der Waals surface area contributed by atoms with E-state index in [1.807, 2.05) is 63.3 Å².